The number of carbonyl (C=O) groups excluding carboxylic acids is 4. The molecule has 0 N–H and O–H groups in total. The highest BCUT2D eigenvalue weighted by atomic mass is 16.6. The van der Waals surface area contributed by atoms with E-state index in [0.29, 0.717) is 19.3 Å². The Bertz CT molecular complexity index is 900. The standard InChI is InChI=1S/C49H93NO8/c1-10-16-22-28-42(29-23-17-11-2)34-45(51)55-37-49(40-58-48(54)41(7)50(8)9,38-56-46(52)35-43(30-24-18-12-3)31-25-19-13-4)39-57-47(53)36-44(32-26-20-14-5)33-27-21-15-6/h41-44H,10-40H2,1-9H3. The van der Waals surface area contributed by atoms with Crippen molar-refractivity contribution in [2.75, 3.05) is 40.5 Å². The van der Waals surface area contributed by atoms with Gasteiger partial charge >= 0.3 is 23.9 Å². The van der Waals surface area contributed by atoms with Gasteiger partial charge in [0.05, 0.1) is 0 Å². The summed E-state index contributed by atoms with van der Waals surface area (Å²) in [4.78, 5) is 55.9. The molecule has 0 spiro atoms. The second-order valence-corrected chi connectivity index (χ2v) is 17.9. The van der Waals surface area contributed by atoms with Gasteiger partial charge in [-0.3, -0.25) is 24.1 Å². The number of hydrogen-bond donors (Lipinski definition) is 0. The Morgan fingerprint density at radius 3 is 0.879 bits per heavy atom. The molecule has 0 aromatic heterocycles. The first-order valence-electron chi connectivity index (χ1n) is 24.2. The number of hydrogen-bond acceptors (Lipinski definition) is 9. The summed E-state index contributed by atoms with van der Waals surface area (Å²) in [5.41, 5.74) is -1.26. The average Bonchev–Trinajstić information content (AvgIpc) is 3.20. The zero-order valence-electron chi connectivity index (χ0n) is 39.4. The monoisotopic (exact) mass is 824 g/mol. The summed E-state index contributed by atoms with van der Waals surface area (Å²) >= 11 is 0. The Hall–Kier alpha value is -2.16. The number of likely N-dealkylation sites (N-methyl/N-ethyl adjacent to an activating group) is 1. The summed E-state index contributed by atoms with van der Waals surface area (Å²) in [5.74, 6) is -0.757. The van der Waals surface area contributed by atoms with Crippen molar-refractivity contribution in [1.82, 2.24) is 4.90 Å². The van der Waals surface area contributed by atoms with Crippen LogP contribution in [0.25, 0.3) is 0 Å². The van der Waals surface area contributed by atoms with Crippen LogP contribution in [0.3, 0.4) is 0 Å². The molecule has 0 aliphatic heterocycles. The van der Waals surface area contributed by atoms with E-state index in [0.717, 1.165) is 154 Å². The molecule has 9 heteroatoms. The molecule has 0 bridgehead atoms. The van der Waals surface area contributed by atoms with E-state index in [1.54, 1.807) is 25.9 Å². The van der Waals surface area contributed by atoms with Gasteiger partial charge in [0.15, 0.2) is 0 Å². The molecule has 0 aliphatic rings. The third-order valence-corrected chi connectivity index (χ3v) is 11.9. The maximum Gasteiger partial charge on any atom is 0.323 e. The highest BCUT2D eigenvalue weighted by molar-refractivity contribution is 5.75. The van der Waals surface area contributed by atoms with Gasteiger partial charge < -0.3 is 18.9 Å². The molecular formula is C49H93NO8. The lowest BCUT2D eigenvalue weighted by molar-refractivity contribution is -0.173. The van der Waals surface area contributed by atoms with Crippen molar-refractivity contribution in [3.05, 3.63) is 0 Å². The second-order valence-electron chi connectivity index (χ2n) is 17.9. The van der Waals surface area contributed by atoms with Gasteiger partial charge in [-0.1, -0.05) is 157 Å². The number of nitrogens with zero attached hydrogens (tertiary/aromatic N) is 1. The molecule has 1 unspecified atom stereocenters. The molecule has 0 amide bonds. The van der Waals surface area contributed by atoms with Gasteiger partial charge in [-0.25, -0.2) is 0 Å². The molecule has 0 aromatic carbocycles. The van der Waals surface area contributed by atoms with E-state index in [4.69, 9.17) is 18.9 Å². The number of ether oxygens (including phenoxy) is 4. The molecule has 0 aromatic rings. The summed E-state index contributed by atoms with van der Waals surface area (Å²) in [5, 5.41) is 0. The Morgan fingerprint density at radius 2 is 0.655 bits per heavy atom. The fourth-order valence-corrected chi connectivity index (χ4v) is 7.53. The van der Waals surface area contributed by atoms with Gasteiger partial charge in [-0.05, 0) is 77.3 Å². The van der Waals surface area contributed by atoms with Crippen molar-refractivity contribution >= 4 is 23.9 Å². The lowest BCUT2D eigenvalue weighted by Gasteiger charge is -2.33. The number of esters is 4. The van der Waals surface area contributed by atoms with Crippen molar-refractivity contribution in [2.24, 2.45) is 23.2 Å². The summed E-state index contributed by atoms with van der Waals surface area (Å²) in [6.07, 6.45) is 26.7. The molecule has 0 rings (SSSR count). The molecular weight excluding hydrogens is 731 g/mol. The smallest absolute Gasteiger partial charge is 0.323 e. The fraction of sp³-hybridized carbons (Fsp3) is 0.918. The minimum absolute atomic E-state index is 0.195. The van der Waals surface area contributed by atoms with Gasteiger partial charge in [0, 0.05) is 19.3 Å². The molecule has 1 atom stereocenters. The van der Waals surface area contributed by atoms with Crippen LogP contribution in [0, 0.1) is 23.2 Å². The summed E-state index contributed by atoms with van der Waals surface area (Å²) in [6, 6.07) is -0.531. The molecule has 0 radical (unpaired) electrons. The van der Waals surface area contributed by atoms with Gasteiger partial charge in [0.2, 0.25) is 0 Å². The van der Waals surface area contributed by atoms with Crippen molar-refractivity contribution in [3.63, 3.8) is 0 Å². The van der Waals surface area contributed by atoms with Crippen molar-refractivity contribution < 1.29 is 38.1 Å². The first-order chi connectivity index (χ1) is 27.9. The van der Waals surface area contributed by atoms with Crippen LogP contribution in [0.1, 0.15) is 222 Å². The highest BCUT2D eigenvalue weighted by Gasteiger charge is 2.39. The Morgan fingerprint density at radius 1 is 0.414 bits per heavy atom. The molecule has 0 fully saturated rings. The Labute approximate surface area is 357 Å². The van der Waals surface area contributed by atoms with Crippen molar-refractivity contribution in [1.29, 1.82) is 0 Å². The molecule has 9 nitrogen and oxygen atoms in total. The zero-order chi connectivity index (χ0) is 43.4. The lowest BCUT2D eigenvalue weighted by Crippen LogP contribution is -2.45. The van der Waals surface area contributed by atoms with Crippen LogP contribution in [0.4, 0.5) is 0 Å². The fourth-order valence-electron chi connectivity index (χ4n) is 7.53. The van der Waals surface area contributed by atoms with E-state index < -0.39 is 17.4 Å². The van der Waals surface area contributed by atoms with E-state index >= 15 is 0 Å². The third-order valence-electron chi connectivity index (χ3n) is 11.9. The number of unbranched alkanes of at least 4 members (excludes halogenated alkanes) is 12. The van der Waals surface area contributed by atoms with Crippen LogP contribution in [0.5, 0.6) is 0 Å². The predicted molar refractivity (Wildman–Crippen MR) is 239 cm³/mol. The van der Waals surface area contributed by atoms with E-state index in [1.807, 2.05) is 0 Å². The lowest BCUT2D eigenvalue weighted by atomic mass is 9.90. The quantitative estimate of drug-likeness (QED) is 0.0339. The number of carbonyl (C=O) groups is 4. The third kappa shape index (κ3) is 29.1. The molecule has 342 valence electrons. The maximum absolute atomic E-state index is 13.6. The Kier molecular flexibility index (Phi) is 35.3. The second kappa shape index (κ2) is 36.7. The highest BCUT2D eigenvalue weighted by Crippen LogP contribution is 2.28. The van der Waals surface area contributed by atoms with Gasteiger partial charge in [-0.2, -0.15) is 0 Å². The van der Waals surface area contributed by atoms with E-state index in [9.17, 15) is 19.2 Å². The maximum atomic E-state index is 13.6. The van der Waals surface area contributed by atoms with Gasteiger partial charge in [0.1, 0.15) is 37.9 Å². The van der Waals surface area contributed by atoms with Crippen LogP contribution in [0.15, 0.2) is 0 Å². The van der Waals surface area contributed by atoms with E-state index in [1.165, 1.54) is 0 Å². The van der Waals surface area contributed by atoms with Gasteiger partial charge in [-0.15, -0.1) is 0 Å². The zero-order valence-corrected chi connectivity index (χ0v) is 39.4. The van der Waals surface area contributed by atoms with Crippen LogP contribution in [-0.4, -0.2) is 75.3 Å². The number of rotatable bonds is 40. The van der Waals surface area contributed by atoms with Crippen LogP contribution >= 0.6 is 0 Å². The van der Waals surface area contributed by atoms with Gasteiger partial charge in [0.25, 0.3) is 0 Å². The van der Waals surface area contributed by atoms with Crippen LogP contribution in [-0.2, 0) is 38.1 Å². The normalized spacial score (nSPS) is 12.4. The predicted octanol–water partition coefficient (Wildman–Crippen LogP) is 12.6. The summed E-state index contributed by atoms with van der Waals surface area (Å²) in [7, 11) is 3.60. The largest absolute Gasteiger partial charge is 0.465 e. The molecule has 0 saturated heterocycles. The van der Waals surface area contributed by atoms with E-state index in [2.05, 4.69) is 41.5 Å². The minimum atomic E-state index is -1.26. The minimum Gasteiger partial charge on any atom is -0.465 e. The topological polar surface area (TPSA) is 108 Å². The van der Waals surface area contributed by atoms with Crippen molar-refractivity contribution in [2.45, 2.75) is 228 Å². The molecule has 0 saturated carbocycles. The molecule has 0 heterocycles. The Balaban J connectivity index is 6.48. The molecule has 58 heavy (non-hydrogen) atoms. The SMILES string of the molecule is CCCCCC(CCCCC)CC(=O)OCC(COC(=O)CC(CCCCC)CCCCC)(COC(=O)CC(CCCCC)CCCCC)COC(=O)C(C)N(C)C. The average molecular weight is 824 g/mol. The van der Waals surface area contributed by atoms with Crippen LogP contribution in [0.2, 0.25) is 0 Å². The first kappa shape index (κ1) is 55.8. The summed E-state index contributed by atoms with van der Waals surface area (Å²) < 4.78 is 24.1. The molecule has 0 aliphatic carbocycles. The van der Waals surface area contributed by atoms with Crippen LogP contribution < -0.4 is 0 Å². The van der Waals surface area contributed by atoms with E-state index in [-0.39, 0.29) is 62.1 Å². The first-order valence-corrected chi connectivity index (χ1v) is 24.2. The van der Waals surface area contributed by atoms with Crippen molar-refractivity contribution in [3.8, 4) is 0 Å². The summed E-state index contributed by atoms with van der Waals surface area (Å²) in [6.45, 7) is 14.1.